The first-order valence-corrected chi connectivity index (χ1v) is 31.1. The molecule has 0 unspecified atom stereocenters. The minimum absolute atomic E-state index is 0. The number of carbonyl (C=O) groups excluding carboxylic acids is 2. The van der Waals surface area contributed by atoms with Crippen LogP contribution in [0.3, 0.4) is 0 Å². The van der Waals surface area contributed by atoms with Gasteiger partial charge in [-0.05, 0) is 63.4 Å². The van der Waals surface area contributed by atoms with Crippen LogP contribution < -0.4 is 37.3 Å². The van der Waals surface area contributed by atoms with E-state index >= 15 is 0 Å². The van der Waals surface area contributed by atoms with E-state index in [0.717, 1.165) is 62.8 Å². The van der Waals surface area contributed by atoms with Crippen molar-refractivity contribution in [3.63, 3.8) is 0 Å². The zero-order chi connectivity index (χ0) is 67.3. The fourth-order valence-electron chi connectivity index (χ4n) is 5.43. The predicted octanol–water partition coefficient (Wildman–Crippen LogP) is 13.9. The number of hydrogen-bond acceptors (Lipinski definition) is 23. The lowest BCUT2D eigenvalue weighted by Gasteiger charge is -2.02. The molecule has 0 saturated heterocycles. The van der Waals surface area contributed by atoms with Gasteiger partial charge in [0.25, 0.3) is 5.56 Å². The first-order valence-electron chi connectivity index (χ1n) is 28.8. The Kier molecular flexibility index (Phi) is 47.3. The molecule has 0 aliphatic carbocycles. The molecule has 504 valence electrons. The maximum atomic E-state index is 11.4. The van der Waals surface area contributed by atoms with E-state index in [9.17, 15) is 19.2 Å². The summed E-state index contributed by atoms with van der Waals surface area (Å²) in [6.45, 7) is 56.7. The van der Waals surface area contributed by atoms with E-state index in [1.54, 1.807) is 32.6 Å². The average Bonchev–Trinajstić information content (AvgIpc) is 3.01. The highest BCUT2D eigenvalue weighted by Crippen LogP contribution is 2.20. The Morgan fingerprint density at radius 2 is 1.10 bits per heavy atom. The van der Waals surface area contributed by atoms with Crippen LogP contribution >= 0.6 is 35.2 Å². The zero-order valence-electron chi connectivity index (χ0n) is 56.2. The maximum Gasteiger partial charge on any atom is 0.281 e. The summed E-state index contributed by atoms with van der Waals surface area (Å²) in [4.78, 5) is 66.0. The highest BCUT2D eigenvalue weighted by molar-refractivity contribution is 8.02. The number of H-pyrrole nitrogens is 2. The monoisotopic (exact) mass is 1300 g/mol. The number of amides is 2. The lowest BCUT2D eigenvalue weighted by atomic mass is 10.0. The third kappa shape index (κ3) is 39.4. The Labute approximate surface area is 544 Å². The lowest BCUT2D eigenvalue weighted by Crippen LogP contribution is -2.22. The number of aryl methyl sites for hydroxylation is 3. The Hall–Kier alpha value is -7.26. The summed E-state index contributed by atoms with van der Waals surface area (Å²) in [6, 6.07) is 4.11. The standard InChI is InChI=1S/C9H12O2.C7H11NO.C7H11NS.2C6H10N2O.C6H10N2S.C5H8N2OS.2C5H11NO.C4H8N4.2CH4/c1-6(2)8-5-11-4-7(3)9(8)10;2*1-5(2)7-4-6(3)8-9-7;3*1-4(2)6-7-5(3)9-8-6;1-3(2)4-5(8)7-9-6-4;2*1-4(2)5(7)6-3;1-3(2)4-5-7-8-6-4;;/h4-6H,1-3H3;2*4-5H,1-3H3;3*4H,3H2,1-2H3,(H,7,8);3H,1-2H3,(H,7,8);2*4H,1-3H3,(H,6,7);3H,1-2H3,(H,5,6,7,8);2*1H4. The van der Waals surface area contributed by atoms with Crippen molar-refractivity contribution in [2.24, 2.45) is 44.6 Å². The van der Waals surface area contributed by atoms with Crippen molar-refractivity contribution in [3.05, 3.63) is 126 Å². The molecule has 0 fully saturated rings. The van der Waals surface area contributed by atoms with Crippen LogP contribution in [0.15, 0.2) is 94.7 Å². The number of hydroxylamine groups is 2. The van der Waals surface area contributed by atoms with Gasteiger partial charge in [-0.25, -0.2) is 16.0 Å². The highest BCUT2D eigenvalue weighted by Gasteiger charge is 2.15. The van der Waals surface area contributed by atoms with Crippen molar-refractivity contribution >= 4 is 64.5 Å². The number of hydrogen-bond donors (Lipinski definition) is 7. The quantitative estimate of drug-likeness (QED) is 0.0639. The molecule has 3 aliphatic heterocycles. The molecule has 8 heterocycles. The van der Waals surface area contributed by atoms with Crippen molar-refractivity contribution in [1.29, 1.82) is 0 Å². The molecule has 27 heteroatoms. The average molecular weight is 1300 g/mol. The van der Waals surface area contributed by atoms with E-state index in [4.69, 9.17) is 18.6 Å². The van der Waals surface area contributed by atoms with Crippen LogP contribution in [0, 0.1) is 50.4 Å². The van der Waals surface area contributed by atoms with Gasteiger partial charge in [0.15, 0.2) is 11.3 Å². The number of aliphatic imine (C=N–C) groups is 3. The van der Waals surface area contributed by atoms with Gasteiger partial charge in [0.05, 0.1) is 23.9 Å². The van der Waals surface area contributed by atoms with Gasteiger partial charge >= 0.3 is 0 Å². The molecule has 8 rings (SSSR count). The fraction of sp³-hybridized carbons (Fsp3) is 0.597. The fourth-order valence-corrected chi connectivity index (χ4v) is 7.44. The van der Waals surface area contributed by atoms with Gasteiger partial charge in [-0.2, -0.15) is 23.9 Å². The summed E-state index contributed by atoms with van der Waals surface area (Å²) >= 11 is 4.20. The summed E-state index contributed by atoms with van der Waals surface area (Å²) in [5, 5.41) is 23.0. The number of tetrazole rings is 1. The topological polar surface area (TPSA) is 319 Å². The second-order valence-corrected chi connectivity index (χ2v) is 24.7. The first kappa shape index (κ1) is 88.2. The number of rotatable bonds is 10. The third-order valence-corrected chi connectivity index (χ3v) is 13.2. The molecule has 0 saturated carbocycles. The maximum absolute atomic E-state index is 11.4. The largest absolute Gasteiger partial charge is 0.472 e. The Morgan fingerprint density at radius 3 is 1.29 bits per heavy atom. The van der Waals surface area contributed by atoms with E-state index in [0.29, 0.717) is 58.5 Å². The molecule has 89 heavy (non-hydrogen) atoms. The molecule has 0 spiro atoms. The Bertz CT molecular complexity index is 2830. The molecule has 7 N–H and O–H groups in total. The molecule has 0 atom stereocenters. The molecule has 5 aromatic rings. The zero-order valence-corrected chi connectivity index (χ0v) is 58.7. The predicted molar refractivity (Wildman–Crippen MR) is 370 cm³/mol. The van der Waals surface area contributed by atoms with Crippen molar-refractivity contribution in [2.45, 2.75) is 204 Å². The number of nitrogens with one attached hydrogen (secondary N) is 7. The summed E-state index contributed by atoms with van der Waals surface area (Å²) in [5.74, 6) is 8.95. The number of aromatic amines is 2. The smallest absolute Gasteiger partial charge is 0.281 e. The molecule has 2 amide bonds. The van der Waals surface area contributed by atoms with Gasteiger partial charge < -0.3 is 34.0 Å². The molecule has 5 aromatic heterocycles. The van der Waals surface area contributed by atoms with Gasteiger partial charge in [-0.3, -0.25) is 23.6 Å². The number of aromatic nitrogens is 8. The number of carbonyl (C=O) groups is 2. The van der Waals surface area contributed by atoms with Crippen LogP contribution in [0.5, 0.6) is 0 Å². The molecule has 0 aromatic carbocycles. The SMILES string of the molecule is C.C.C=C1N=C(C(C)C)NO1.C=C1N=C(C(C)C)NO1.C=C1N=C(C(C)C)NS1.CC(C)c1nn[nH]n1.CC(C)c1ns[nH]c1=O.CNC(=O)C(C)C.CNC(=O)C(C)C.Cc1cc(C(C)C)on1.Cc1cc(C(C)C)sn1.Cc1cocc(C(C)C)c1=O. The van der Waals surface area contributed by atoms with Crippen molar-refractivity contribution < 1.29 is 28.2 Å². The number of amidine groups is 3. The van der Waals surface area contributed by atoms with Crippen LogP contribution in [0.2, 0.25) is 0 Å². The molecular weight excluding hydrogens is 1190 g/mol. The summed E-state index contributed by atoms with van der Waals surface area (Å²) in [6.07, 6.45) is 3.01. The van der Waals surface area contributed by atoms with Crippen LogP contribution in [0.4, 0.5) is 0 Å². The summed E-state index contributed by atoms with van der Waals surface area (Å²) in [7, 11) is 3.28. The lowest BCUT2D eigenvalue weighted by molar-refractivity contribution is -0.124. The Balaban J connectivity index is -0.000000451. The summed E-state index contributed by atoms with van der Waals surface area (Å²) < 4.78 is 23.6. The van der Waals surface area contributed by atoms with E-state index in [1.165, 1.54) is 29.4 Å². The van der Waals surface area contributed by atoms with Gasteiger partial charge in [0.1, 0.15) is 34.0 Å². The van der Waals surface area contributed by atoms with Crippen LogP contribution in [-0.2, 0) is 19.3 Å². The van der Waals surface area contributed by atoms with E-state index in [-0.39, 0.29) is 61.3 Å². The minimum Gasteiger partial charge on any atom is -0.472 e. The second-order valence-electron chi connectivity index (χ2n) is 22.4. The van der Waals surface area contributed by atoms with Crippen LogP contribution in [0.25, 0.3) is 0 Å². The molecule has 0 radical (unpaired) electrons. The van der Waals surface area contributed by atoms with Crippen LogP contribution in [-0.4, -0.2) is 82.3 Å². The third-order valence-electron chi connectivity index (χ3n) is 10.8. The van der Waals surface area contributed by atoms with Gasteiger partial charge in [-0.15, -0.1) is 10.2 Å². The minimum atomic E-state index is -0.0463. The van der Waals surface area contributed by atoms with E-state index in [1.807, 2.05) is 117 Å². The molecule has 0 bridgehead atoms. The normalized spacial score (nSPS) is 12.2. The van der Waals surface area contributed by atoms with E-state index < -0.39 is 0 Å². The first-order chi connectivity index (χ1) is 40.5. The second kappa shape index (κ2) is 47.7. The van der Waals surface area contributed by atoms with Gasteiger partial charge in [0.2, 0.25) is 23.6 Å². The van der Waals surface area contributed by atoms with Crippen LogP contribution in [0.1, 0.15) is 228 Å². The molecular formula is C62H110N16O8S3. The highest BCUT2D eigenvalue weighted by atomic mass is 32.2. The Morgan fingerprint density at radius 1 is 0.596 bits per heavy atom. The van der Waals surface area contributed by atoms with Gasteiger partial charge in [0, 0.05) is 107 Å². The van der Waals surface area contributed by atoms with Crippen molar-refractivity contribution in [1.82, 2.24) is 65.2 Å². The van der Waals surface area contributed by atoms with Crippen molar-refractivity contribution in [2.75, 3.05) is 14.1 Å². The molecule has 24 nitrogen and oxygen atoms in total. The van der Waals surface area contributed by atoms with Gasteiger partial charge in [-0.1, -0.05) is 170 Å². The van der Waals surface area contributed by atoms with Crippen molar-refractivity contribution in [3.8, 4) is 0 Å². The summed E-state index contributed by atoms with van der Waals surface area (Å²) in [5.41, 5.74) is 9.54. The molecule has 3 aliphatic rings. The number of nitrogens with zero attached hydrogens (tertiary/aromatic N) is 9. The van der Waals surface area contributed by atoms with E-state index in [2.05, 4.69) is 148 Å².